The molecule has 0 unspecified atom stereocenters. The molecule has 0 atom stereocenters. The fourth-order valence-corrected chi connectivity index (χ4v) is 8.04. The molecule has 0 saturated heterocycles. The van der Waals surface area contributed by atoms with E-state index in [0.29, 0.717) is 63.0 Å². The molecule has 4 heterocycles. The molecule has 3 aromatic heterocycles. The van der Waals surface area contributed by atoms with Crippen molar-refractivity contribution in [2.45, 2.75) is 85.6 Å². The highest BCUT2D eigenvalue weighted by molar-refractivity contribution is 6.44. The molecular weight excluding hydrogens is 596 g/mol. The van der Waals surface area contributed by atoms with Gasteiger partial charge in [0.1, 0.15) is 0 Å². The number of hydrogen-bond acceptors (Lipinski definition) is 3. The summed E-state index contributed by atoms with van der Waals surface area (Å²) >= 11 is 0. The summed E-state index contributed by atoms with van der Waals surface area (Å²) in [7, 11) is 0. The molecule has 2 N–H and O–H groups in total. The number of H-pyrrole nitrogens is 2. The molecule has 0 bridgehead atoms. The van der Waals surface area contributed by atoms with Crippen LogP contribution in [0.25, 0.3) is 71.7 Å². The second-order valence-corrected chi connectivity index (χ2v) is 15.7. The molecule has 0 radical (unpaired) electrons. The van der Waals surface area contributed by atoms with Crippen LogP contribution in [0.1, 0.15) is 100 Å². The van der Waals surface area contributed by atoms with Gasteiger partial charge in [-0.3, -0.25) is 19.3 Å². The minimum atomic E-state index is -0.319. The normalized spacial score (nSPS) is 14.4. The Labute approximate surface area is 278 Å². The highest BCUT2D eigenvalue weighted by atomic mass is 16.2. The maximum atomic E-state index is 14.7. The van der Waals surface area contributed by atoms with Gasteiger partial charge < -0.3 is 14.5 Å². The van der Waals surface area contributed by atoms with Gasteiger partial charge >= 0.3 is 0 Å². The van der Waals surface area contributed by atoms with Crippen LogP contribution < -0.4 is 10.9 Å². The molecule has 48 heavy (non-hydrogen) atoms. The SMILES string of the molecule is C=c1c2c3[nH]c4cc(C(C)(C)C)ccc4c3c3c4c(c5c6ccc(C(C)(C)C)cc6[nH]c5c(c(=O)n1CCC)c42)C(=O)N(CCC)C3=O. The van der Waals surface area contributed by atoms with Crippen molar-refractivity contribution >= 4 is 83.5 Å². The van der Waals surface area contributed by atoms with Gasteiger partial charge in [0, 0.05) is 67.2 Å². The molecule has 1 aliphatic heterocycles. The zero-order chi connectivity index (χ0) is 34.2. The van der Waals surface area contributed by atoms with E-state index in [1.54, 1.807) is 4.57 Å². The largest absolute Gasteiger partial charge is 0.354 e. The van der Waals surface area contributed by atoms with Crippen molar-refractivity contribution in [2.24, 2.45) is 0 Å². The Morgan fingerprint density at radius 2 is 1.10 bits per heavy atom. The topological polar surface area (TPSA) is 91.0 Å². The molecule has 0 aliphatic carbocycles. The predicted octanol–water partition coefficient (Wildman–Crippen LogP) is 8.56. The first kappa shape index (κ1) is 30.4. The van der Waals surface area contributed by atoms with E-state index in [2.05, 4.69) is 101 Å². The number of carbonyl (C=O) groups is 2. The Morgan fingerprint density at radius 1 is 0.625 bits per heavy atom. The third-order valence-corrected chi connectivity index (χ3v) is 10.5. The number of carbonyl (C=O) groups excluding carboxylic acids is 2. The molecule has 2 amide bonds. The van der Waals surface area contributed by atoms with Gasteiger partial charge in [-0.25, -0.2) is 0 Å². The molecule has 8 rings (SSSR count). The highest BCUT2D eigenvalue weighted by Gasteiger charge is 2.39. The Bertz CT molecular complexity index is 2510. The lowest BCUT2D eigenvalue weighted by atomic mass is 9.83. The molecule has 1 aliphatic rings. The molecule has 7 aromatic rings. The first-order chi connectivity index (χ1) is 22.7. The zero-order valence-corrected chi connectivity index (χ0v) is 29.1. The van der Waals surface area contributed by atoms with Crippen molar-refractivity contribution in [3.8, 4) is 0 Å². The fourth-order valence-electron chi connectivity index (χ4n) is 8.04. The maximum Gasteiger partial charge on any atom is 0.262 e. The van der Waals surface area contributed by atoms with Crippen LogP contribution in [-0.2, 0) is 17.4 Å². The monoisotopic (exact) mass is 638 g/mol. The van der Waals surface area contributed by atoms with Gasteiger partial charge in [-0.05, 0) is 46.9 Å². The fraction of sp³-hybridized carbons (Fsp3) is 0.341. The van der Waals surface area contributed by atoms with Crippen LogP contribution in [0, 0.1) is 0 Å². The van der Waals surface area contributed by atoms with E-state index in [-0.39, 0.29) is 28.2 Å². The van der Waals surface area contributed by atoms with Crippen LogP contribution in [0.3, 0.4) is 0 Å². The van der Waals surface area contributed by atoms with E-state index in [1.807, 2.05) is 6.92 Å². The van der Waals surface area contributed by atoms with Crippen LogP contribution in [0.2, 0.25) is 0 Å². The number of aromatic amines is 2. The van der Waals surface area contributed by atoms with Crippen LogP contribution in [0.15, 0.2) is 41.2 Å². The van der Waals surface area contributed by atoms with E-state index < -0.39 is 0 Å². The van der Waals surface area contributed by atoms with Crippen LogP contribution in [0.4, 0.5) is 0 Å². The second kappa shape index (κ2) is 9.82. The smallest absolute Gasteiger partial charge is 0.262 e. The predicted molar refractivity (Wildman–Crippen MR) is 199 cm³/mol. The van der Waals surface area contributed by atoms with Crippen LogP contribution >= 0.6 is 0 Å². The number of nitrogens with one attached hydrogen (secondary N) is 2. The summed E-state index contributed by atoms with van der Waals surface area (Å²) in [6.07, 6.45) is 1.38. The molecule has 7 heteroatoms. The van der Waals surface area contributed by atoms with E-state index in [9.17, 15) is 14.4 Å². The summed E-state index contributed by atoms with van der Waals surface area (Å²) in [6.45, 7) is 22.4. The third kappa shape index (κ3) is 3.84. The van der Waals surface area contributed by atoms with Crippen molar-refractivity contribution in [3.05, 3.63) is 74.4 Å². The zero-order valence-electron chi connectivity index (χ0n) is 29.1. The summed E-state index contributed by atoms with van der Waals surface area (Å²) in [6, 6.07) is 12.7. The number of amides is 2. The van der Waals surface area contributed by atoms with E-state index >= 15 is 0 Å². The minimum absolute atomic E-state index is 0.0834. The number of imide groups is 1. The lowest BCUT2D eigenvalue weighted by Gasteiger charge is -2.29. The van der Waals surface area contributed by atoms with Gasteiger partial charge in [0.25, 0.3) is 17.4 Å². The number of benzene rings is 4. The van der Waals surface area contributed by atoms with Gasteiger partial charge in [0.05, 0.1) is 27.5 Å². The summed E-state index contributed by atoms with van der Waals surface area (Å²) < 4.78 is 1.77. The van der Waals surface area contributed by atoms with Crippen molar-refractivity contribution in [3.63, 3.8) is 0 Å². The van der Waals surface area contributed by atoms with Gasteiger partial charge in [0.2, 0.25) is 0 Å². The average Bonchev–Trinajstić information content (AvgIpc) is 3.59. The maximum absolute atomic E-state index is 14.7. The van der Waals surface area contributed by atoms with Gasteiger partial charge in [-0.2, -0.15) is 0 Å². The van der Waals surface area contributed by atoms with Crippen LogP contribution in [-0.4, -0.2) is 37.8 Å². The van der Waals surface area contributed by atoms with E-state index in [0.717, 1.165) is 50.1 Å². The van der Waals surface area contributed by atoms with E-state index in [1.165, 1.54) is 10.5 Å². The molecule has 0 spiro atoms. The van der Waals surface area contributed by atoms with Gasteiger partial charge in [0.15, 0.2) is 0 Å². The summed E-state index contributed by atoms with van der Waals surface area (Å²) in [5, 5.41) is 6.31. The quantitative estimate of drug-likeness (QED) is 0.189. The number of fused-ring (bicyclic) bond motifs is 10. The van der Waals surface area contributed by atoms with Gasteiger partial charge in [-0.15, -0.1) is 0 Å². The molecule has 0 fully saturated rings. The Hall–Kier alpha value is -4.91. The summed E-state index contributed by atoms with van der Waals surface area (Å²) in [5.41, 5.74) is 6.10. The third-order valence-electron chi connectivity index (χ3n) is 10.5. The van der Waals surface area contributed by atoms with Crippen molar-refractivity contribution in [1.29, 1.82) is 0 Å². The molecule has 7 nitrogen and oxygen atoms in total. The lowest BCUT2D eigenvalue weighted by molar-refractivity contribution is 0.0613. The first-order valence-electron chi connectivity index (χ1n) is 17.1. The van der Waals surface area contributed by atoms with Crippen molar-refractivity contribution < 1.29 is 9.59 Å². The van der Waals surface area contributed by atoms with Crippen molar-refractivity contribution in [2.75, 3.05) is 6.54 Å². The average molecular weight is 639 g/mol. The van der Waals surface area contributed by atoms with Gasteiger partial charge in [-0.1, -0.05) is 86.2 Å². The Balaban J connectivity index is 1.72. The Morgan fingerprint density at radius 3 is 1.56 bits per heavy atom. The highest BCUT2D eigenvalue weighted by Crippen LogP contribution is 2.48. The lowest BCUT2D eigenvalue weighted by Crippen LogP contribution is -2.41. The standard InChI is InChI=1S/C41H42N4O3/c1-10-16-44-20(3)27-30-31-32(28-23-14-12-21(40(4,5)6)18-25(23)42-35(27)28)37(46)45(17-11-2)38(47)33(31)29-24-15-13-22(41(7,8)9)19-26(24)43-36(29)34(30)39(44)48/h12-15,18-19,42-43H,3,10-11,16-17H2,1-2,4-9H3. The number of rotatable bonds is 4. The summed E-state index contributed by atoms with van der Waals surface area (Å²) in [4.78, 5) is 52.8. The first-order valence-corrected chi connectivity index (χ1v) is 17.1. The van der Waals surface area contributed by atoms with E-state index in [4.69, 9.17) is 0 Å². The molecule has 0 saturated carbocycles. The summed E-state index contributed by atoms with van der Waals surface area (Å²) in [5.74, 6) is -0.637. The number of nitrogens with zero attached hydrogens (tertiary/aromatic N) is 2. The molecular formula is C41H42N4O3. The second-order valence-electron chi connectivity index (χ2n) is 15.7. The Kier molecular flexibility index (Phi) is 6.22. The number of aromatic nitrogens is 3. The minimum Gasteiger partial charge on any atom is -0.354 e. The van der Waals surface area contributed by atoms with Crippen LogP contribution in [0.5, 0.6) is 0 Å². The van der Waals surface area contributed by atoms with Crippen molar-refractivity contribution in [1.82, 2.24) is 19.4 Å². The number of hydrogen-bond donors (Lipinski definition) is 2. The number of pyridine rings is 1. The molecule has 244 valence electrons. The molecule has 4 aromatic carbocycles.